The second-order valence-electron chi connectivity index (χ2n) is 8.05. The van der Waals surface area contributed by atoms with Crippen LogP contribution in [0.25, 0.3) is 0 Å². The number of benzene rings is 2. The molecule has 31 heavy (non-hydrogen) atoms. The molecule has 1 N–H and O–H groups in total. The fourth-order valence-corrected chi connectivity index (χ4v) is 4.34. The topological polar surface area (TPSA) is 54.0 Å². The first-order valence-electron chi connectivity index (χ1n) is 10.7. The maximum Gasteiger partial charge on any atom is 0.321 e. The standard InChI is InChI=1S/C24H32ClN3O3/c1-18-16-28(17-19-8-5-4-6-9-19)13-12-22(18)27(2)24(29)26-21-11-7-10-20(25)23(21)31-15-14-30-3/h4-11,18,22H,12-17H2,1-3H3,(H,26,29)/t18-,22+/m1/s1. The average molecular weight is 446 g/mol. The molecule has 0 spiro atoms. The molecular formula is C24H32ClN3O3. The summed E-state index contributed by atoms with van der Waals surface area (Å²) in [6, 6.07) is 15.9. The molecule has 7 heteroatoms. The summed E-state index contributed by atoms with van der Waals surface area (Å²) in [5.41, 5.74) is 1.89. The first-order chi connectivity index (χ1) is 15.0. The van der Waals surface area contributed by atoms with Crippen molar-refractivity contribution >= 4 is 23.3 Å². The molecule has 0 aromatic heterocycles. The molecule has 168 valence electrons. The quantitative estimate of drug-likeness (QED) is 0.596. The van der Waals surface area contributed by atoms with E-state index in [2.05, 4.69) is 41.4 Å². The smallest absolute Gasteiger partial charge is 0.321 e. The fourth-order valence-electron chi connectivity index (χ4n) is 4.12. The van der Waals surface area contributed by atoms with Crippen LogP contribution in [0.5, 0.6) is 5.75 Å². The number of piperidine rings is 1. The number of anilines is 1. The maximum absolute atomic E-state index is 13.0. The molecule has 2 aromatic carbocycles. The highest BCUT2D eigenvalue weighted by molar-refractivity contribution is 6.32. The summed E-state index contributed by atoms with van der Waals surface area (Å²) in [6.07, 6.45) is 0.935. The van der Waals surface area contributed by atoms with E-state index in [1.54, 1.807) is 25.3 Å². The van der Waals surface area contributed by atoms with Gasteiger partial charge in [0.1, 0.15) is 6.61 Å². The van der Waals surface area contributed by atoms with Crippen LogP contribution in [-0.4, -0.2) is 62.3 Å². The number of hydrogen-bond acceptors (Lipinski definition) is 4. The summed E-state index contributed by atoms with van der Waals surface area (Å²) >= 11 is 6.29. The Balaban J connectivity index is 1.59. The number of likely N-dealkylation sites (tertiary alicyclic amines) is 1. The van der Waals surface area contributed by atoms with Gasteiger partial charge < -0.3 is 19.7 Å². The van der Waals surface area contributed by atoms with Gasteiger partial charge >= 0.3 is 6.03 Å². The minimum Gasteiger partial charge on any atom is -0.487 e. The van der Waals surface area contributed by atoms with Gasteiger partial charge in [0, 0.05) is 39.8 Å². The molecular weight excluding hydrogens is 414 g/mol. The SMILES string of the molecule is COCCOc1c(Cl)cccc1NC(=O)N(C)[C@H]1CCN(Cc2ccccc2)C[C@H]1C. The van der Waals surface area contributed by atoms with Gasteiger partial charge in [-0.3, -0.25) is 4.90 Å². The highest BCUT2D eigenvalue weighted by Gasteiger charge is 2.31. The van der Waals surface area contributed by atoms with E-state index in [1.807, 2.05) is 18.0 Å². The molecule has 1 aliphatic heterocycles. The Labute approximate surface area is 190 Å². The predicted octanol–water partition coefficient (Wildman–Crippen LogP) is 4.74. The number of urea groups is 1. The lowest BCUT2D eigenvalue weighted by Gasteiger charge is -2.41. The third-order valence-electron chi connectivity index (χ3n) is 5.75. The molecule has 2 atom stereocenters. The van der Waals surface area contributed by atoms with E-state index in [9.17, 15) is 4.79 Å². The third kappa shape index (κ3) is 6.35. The van der Waals surface area contributed by atoms with Gasteiger partial charge in [-0.1, -0.05) is 54.9 Å². The van der Waals surface area contributed by atoms with E-state index >= 15 is 0 Å². The molecule has 1 heterocycles. The predicted molar refractivity (Wildman–Crippen MR) is 125 cm³/mol. The number of methoxy groups -OCH3 is 1. The molecule has 0 bridgehead atoms. The second-order valence-corrected chi connectivity index (χ2v) is 8.46. The average Bonchev–Trinajstić information content (AvgIpc) is 2.76. The number of carbonyl (C=O) groups excluding carboxylic acids is 1. The van der Waals surface area contributed by atoms with Crippen molar-refractivity contribution in [3.63, 3.8) is 0 Å². The van der Waals surface area contributed by atoms with Crippen LogP contribution in [0.1, 0.15) is 18.9 Å². The zero-order valence-electron chi connectivity index (χ0n) is 18.5. The van der Waals surface area contributed by atoms with Crippen LogP contribution >= 0.6 is 11.6 Å². The number of carbonyl (C=O) groups is 1. The van der Waals surface area contributed by atoms with Crippen molar-refractivity contribution in [1.29, 1.82) is 0 Å². The Morgan fingerprint density at radius 2 is 1.97 bits per heavy atom. The van der Waals surface area contributed by atoms with E-state index in [0.29, 0.717) is 35.6 Å². The summed E-state index contributed by atoms with van der Waals surface area (Å²) in [5.74, 6) is 0.832. The van der Waals surface area contributed by atoms with Crippen molar-refractivity contribution in [3.05, 3.63) is 59.1 Å². The van der Waals surface area contributed by atoms with Crippen LogP contribution in [0, 0.1) is 5.92 Å². The molecule has 0 saturated carbocycles. The number of amides is 2. The Kier molecular flexibility index (Phi) is 8.58. The van der Waals surface area contributed by atoms with Gasteiger partial charge in [-0.2, -0.15) is 0 Å². The highest BCUT2D eigenvalue weighted by Crippen LogP contribution is 2.33. The number of nitrogens with one attached hydrogen (secondary N) is 1. The maximum atomic E-state index is 13.0. The number of hydrogen-bond donors (Lipinski definition) is 1. The van der Waals surface area contributed by atoms with E-state index < -0.39 is 0 Å². The Hall–Kier alpha value is -2.28. The number of rotatable bonds is 8. The Morgan fingerprint density at radius 3 is 2.68 bits per heavy atom. The van der Waals surface area contributed by atoms with Gasteiger partial charge in [0.15, 0.2) is 5.75 Å². The van der Waals surface area contributed by atoms with Gasteiger partial charge in [-0.05, 0) is 30.0 Å². The zero-order chi connectivity index (χ0) is 22.2. The van der Waals surface area contributed by atoms with Gasteiger partial charge in [0.25, 0.3) is 0 Å². The molecule has 2 aromatic rings. The minimum atomic E-state index is -0.160. The summed E-state index contributed by atoms with van der Waals surface area (Å²) in [6.45, 7) is 5.87. The largest absolute Gasteiger partial charge is 0.487 e. The summed E-state index contributed by atoms with van der Waals surface area (Å²) in [7, 11) is 3.47. The zero-order valence-corrected chi connectivity index (χ0v) is 19.3. The van der Waals surface area contributed by atoms with Crippen molar-refractivity contribution in [2.75, 3.05) is 45.8 Å². The van der Waals surface area contributed by atoms with Crippen LogP contribution in [0.15, 0.2) is 48.5 Å². The van der Waals surface area contributed by atoms with Gasteiger partial charge in [-0.25, -0.2) is 4.79 Å². The van der Waals surface area contributed by atoms with Crippen LogP contribution in [-0.2, 0) is 11.3 Å². The lowest BCUT2D eigenvalue weighted by atomic mass is 9.92. The molecule has 1 fully saturated rings. The fraction of sp³-hybridized carbons (Fsp3) is 0.458. The minimum absolute atomic E-state index is 0.160. The highest BCUT2D eigenvalue weighted by atomic mass is 35.5. The monoisotopic (exact) mass is 445 g/mol. The Bertz CT molecular complexity index is 849. The van der Waals surface area contributed by atoms with Crippen LogP contribution in [0.3, 0.4) is 0 Å². The number of ether oxygens (including phenoxy) is 2. The van der Waals surface area contributed by atoms with Crippen LogP contribution in [0.2, 0.25) is 5.02 Å². The lowest BCUT2D eigenvalue weighted by molar-refractivity contribution is 0.0933. The normalized spacial score (nSPS) is 19.1. The molecule has 0 aliphatic carbocycles. The molecule has 0 unspecified atom stereocenters. The number of para-hydroxylation sites is 1. The van der Waals surface area contributed by atoms with Crippen molar-refractivity contribution in [1.82, 2.24) is 9.80 Å². The second kappa shape index (κ2) is 11.4. The molecule has 6 nitrogen and oxygen atoms in total. The molecule has 3 rings (SSSR count). The molecule has 2 amide bonds. The van der Waals surface area contributed by atoms with E-state index in [-0.39, 0.29) is 12.1 Å². The lowest BCUT2D eigenvalue weighted by Crippen LogP contribution is -2.51. The molecule has 0 radical (unpaired) electrons. The van der Waals surface area contributed by atoms with E-state index in [4.69, 9.17) is 21.1 Å². The van der Waals surface area contributed by atoms with E-state index in [0.717, 1.165) is 26.1 Å². The summed E-state index contributed by atoms with van der Waals surface area (Å²) < 4.78 is 10.8. The van der Waals surface area contributed by atoms with Crippen LogP contribution in [0.4, 0.5) is 10.5 Å². The first kappa shape index (κ1) is 23.4. The molecule has 1 saturated heterocycles. The number of nitrogens with zero attached hydrogens (tertiary/aromatic N) is 2. The van der Waals surface area contributed by atoms with Crippen LogP contribution < -0.4 is 10.1 Å². The Morgan fingerprint density at radius 1 is 1.19 bits per heavy atom. The first-order valence-corrected chi connectivity index (χ1v) is 11.1. The summed E-state index contributed by atoms with van der Waals surface area (Å²) in [4.78, 5) is 17.3. The third-order valence-corrected chi connectivity index (χ3v) is 6.05. The van der Waals surface area contributed by atoms with Gasteiger partial charge in [-0.15, -0.1) is 0 Å². The van der Waals surface area contributed by atoms with Gasteiger partial charge in [0.05, 0.1) is 17.3 Å². The summed E-state index contributed by atoms with van der Waals surface area (Å²) in [5, 5.41) is 3.43. The van der Waals surface area contributed by atoms with E-state index in [1.165, 1.54) is 5.56 Å². The van der Waals surface area contributed by atoms with Crippen molar-refractivity contribution in [2.45, 2.75) is 25.9 Å². The number of halogens is 1. The van der Waals surface area contributed by atoms with Crippen molar-refractivity contribution in [3.8, 4) is 5.75 Å². The molecule has 1 aliphatic rings. The van der Waals surface area contributed by atoms with Gasteiger partial charge in [0.2, 0.25) is 0 Å². The van der Waals surface area contributed by atoms with Crippen molar-refractivity contribution in [2.24, 2.45) is 5.92 Å². The van der Waals surface area contributed by atoms with Crippen molar-refractivity contribution < 1.29 is 14.3 Å².